The van der Waals surface area contributed by atoms with E-state index in [1.165, 1.54) is 0 Å². The van der Waals surface area contributed by atoms with E-state index < -0.39 is 0 Å². The minimum atomic E-state index is 0.415. The lowest BCUT2D eigenvalue weighted by atomic mass is 10.1. The first kappa shape index (κ1) is 17.2. The summed E-state index contributed by atoms with van der Waals surface area (Å²) in [4.78, 5) is 4.80. The molecule has 0 unspecified atom stereocenters. The van der Waals surface area contributed by atoms with Crippen molar-refractivity contribution in [2.45, 2.75) is 13.5 Å². The first-order valence-corrected chi connectivity index (χ1v) is 8.79. The predicted molar refractivity (Wildman–Crippen MR) is 106 cm³/mol. The molecule has 4 aromatic rings. The van der Waals surface area contributed by atoms with E-state index >= 15 is 0 Å². The van der Waals surface area contributed by atoms with Gasteiger partial charge in [-0.1, -0.05) is 42.5 Å². The second-order valence-electron chi connectivity index (χ2n) is 6.37. The molecule has 0 saturated heterocycles. The van der Waals surface area contributed by atoms with E-state index in [9.17, 15) is 0 Å². The van der Waals surface area contributed by atoms with Gasteiger partial charge in [0.1, 0.15) is 5.75 Å². The van der Waals surface area contributed by atoms with Crippen molar-refractivity contribution in [2.24, 2.45) is 0 Å². The molecule has 136 valence electrons. The summed E-state index contributed by atoms with van der Waals surface area (Å²) in [5.41, 5.74) is 6.76. The SMILES string of the molecule is COCc1nn2c(-c3ccccc3)cc(C)nc2c1-c1ccc(OC)cc1. The van der Waals surface area contributed by atoms with Crippen molar-refractivity contribution >= 4 is 5.65 Å². The molecule has 0 amide bonds. The van der Waals surface area contributed by atoms with E-state index in [-0.39, 0.29) is 0 Å². The van der Waals surface area contributed by atoms with Crippen LogP contribution in [0.1, 0.15) is 11.4 Å². The van der Waals surface area contributed by atoms with Crippen LogP contribution in [0, 0.1) is 6.92 Å². The van der Waals surface area contributed by atoms with Crippen LogP contribution in [-0.2, 0) is 11.3 Å². The smallest absolute Gasteiger partial charge is 0.164 e. The zero-order chi connectivity index (χ0) is 18.8. The van der Waals surface area contributed by atoms with Gasteiger partial charge in [0, 0.05) is 18.4 Å². The molecule has 0 aliphatic carbocycles. The van der Waals surface area contributed by atoms with Crippen molar-refractivity contribution in [3.05, 3.63) is 72.1 Å². The average Bonchev–Trinajstić information content (AvgIpc) is 3.06. The number of hydrogen-bond acceptors (Lipinski definition) is 4. The largest absolute Gasteiger partial charge is 0.497 e. The van der Waals surface area contributed by atoms with E-state index in [4.69, 9.17) is 19.6 Å². The van der Waals surface area contributed by atoms with E-state index in [0.29, 0.717) is 6.61 Å². The minimum Gasteiger partial charge on any atom is -0.497 e. The Morgan fingerprint density at radius 2 is 1.67 bits per heavy atom. The maximum atomic E-state index is 5.41. The lowest BCUT2D eigenvalue weighted by Crippen LogP contribution is -1.98. The highest BCUT2D eigenvalue weighted by atomic mass is 16.5. The number of nitrogens with zero attached hydrogens (tertiary/aromatic N) is 3. The minimum absolute atomic E-state index is 0.415. The molecule has 2 heterocycles. The van der Waals surface area contributed by atoms with Crippen LogP contribution in [0.2, 0.25) is 0 Å². The van der Waals surface area contributed by atoms with Crippen molar-refractivity contribution < 1.29 is 9.47 Å². The van der Waals surface area contributed by atoms with Gasteiger partial charge in [-0.3, -0.25) is 0 Å². The van der Waals surface area contributed by atoms with Crippen molar-refractivity contribution in [3.63, 3.8) is 0 Å². The summed E-state index contributed by atoms with van der Waals surface area (Å²) in [6.45, 7) is 2.42. The number of methoxy groups -OCH3 is 2. The number of aryl methyl sites for hydroxylation is 1. The standard InChI is InChI=1S/C22H21N3O2/c1-15-13-20(16-7-5-4-6-8-16)25-22(23-15)21(19(24-25)14-26-2)17-9-11-18(27-3)12-10-17/h4-13H,14H2,1-3H3. The maximum absolute atomic E-state index is 5.41. The van der Waals surface area contributed by atoms with Crippen LogP contribution in [0.15, 0.2) is 60.7 Å². The second kappa shape index (κ2) is 7.21. The molecular weight excluding hydrogens is 338 g/mol. The van der Waals surface area contributed by atoms with Gasteiger partial charge in [0.05, 0.1) is 30.7 Å². The molecule has 0 spiro atoms. The molecule has 0 aliphatic heterocycles. The Morgan fingerprint density at radius 3 is 2.33 bits per heavy atom. The van der Waals surface area contributed by atoms with Crippen LogP contribution in [0.25, 0.3) is 28.0 Å². The van der Waals surface area contributed by atoms with Crippen LogP contribution in [0.4, 0.5) is 0 Å². The Balaban J connectivity index is 1.99. The van der Waals surface area contributed by atoms with E-state index in [0.717, 1.165) is 45.2 Å². The Hall–Kier alpha value is -3.18. The lowest BCUT2D eigenvalue weighted by molar-refractivity contribution is 0.181. The third-order valence-electron chi connectivity index (χ3n) is 4.52. The molecule has 0 N–H and O–H groups in total. The van der Waals surface area contributed by atoms with Crippen LogP contribution in [0.5, 0.6) is 5.75 Å². The Bertz CT molecular complexity index is 1070. The number of ether oxygens (including phenoxy) is 2. The molecule has 0 radical (unpaired) electrons. The molecule has 0 bridgehead atoms. The third kappa shape index (κ3) is 3.17. The number of fused-ring (bicyclic) bond motifs is 1. The van der Waals surface area contributed by atoms with E-state index in [2.05, 4.69) is 18.2 Å². The highest BCUT2D eigenvalue weighted by Gasteiger charge is 2.19. The van der Waals surface area contributed by atoms with Crippen LogP contribution >= 0.6 is 0 Å². The van der Waals surface area contributed by atoms with Gasteiger partial charge in [0.15, 0.2) is 5.65 Å². The normalized spacial score (nSPS) is 11.1. The Labute approximate surface area is 158 Å². The number of rotatable bonds is 5. The molecule has 0 fully saturated rings. The molecular formula is C22H21N3O2. The van der Waals surface area contributed by atoms with Crippen molar-refractivity contribution in [1.82, 2.24) is 14.6 Å². The van der Waals surface area contributed by atoms with Gasteiger partial charge in [-0.05, 0) is 30.7 Å². The highest BCUT2D eigenvalue weighted by Crippen LogP contribution is 2.32. The summed E-state index contributed by atoms with van der Waals surface area (Å²) in [5, 5.41) is 4.84. The molecule has 27 heavy (non-hydrogen) atoms. The van der Waals surface area contributed by atoms with Gasteiger partial charge in [0.25, 0.3) is 0 Å². The monoisotopic (exact) mass is 359 g/mol. The molecule has 5 heteroatoms. The number of aromatic nitrogens is 3. The lowest BCUT2D eigenvalue weighted by Gasteiger charge is -2.07. The summed E-state index contributed by atoms with van der Waals surface area (Å²) in [5.74, 6) is 0.817. The van der Waals surface area contributed by atoms with Gasteiger partial charge >= 0.3 is 0 Å². The average molecular weight is 359 g/mol. The number of benzene rings is 2. The summed E-state index contributed by atoms with van der Waals surface area (Å²) in [6, 6.07) is 20.2. The summed E-state index contributed by atoms with van der Waals surface area (Å²) in [6.07, 6.45) is 0. The summed E-state index contributed by atoms with van der Waals surface area (Å²) < 4.78 is 12.6. The van der Waals surface area contributed by atoms with Crippen molar-refractivity contribution in [3.8, 4) is 28.1 Å². The van der Waals surface area contributed by atoms with E-state index in [1.807, 2.05) is 53.9 Å². The molecule has 0 saturated carbocycles. The van der Waals surface area contributed by atoms with Crippen LogP contribution < -0.4 is 4.74 Å². The number of hydrogen-bond donors (Lipinski definition) is 0. The highest BCUT2D eigenvalue weighted by molar-refractivity contribution is 5.82. The molecule has 0 atom stereocenters. The van der Waals surface area contributed by atoms with Gasteiger partial charge in [-0.15, -0.1) is 0 Å². The molecule has 2 aromatic carbocycles. The maximum Gasteiger partial charge on any atom is 0.164 e. The van der Waals surface area contributed by atoms with Gasteiger partial charge in [0.2, 0.25) is 0 Å². The first-order valence-electron chi connectivity index (χ1n) is 8.79. The topological polar surface area (TPSA) is 48.7 Å². The third-order valence-corrected chi connectivity index (χ3v) is 4.52. The van der Waals surface area contributed by atoms with Gasteiger partial charge in [-0.25, -0.2) is 9.50 Å². The van der Waals surface area contributed by atoms with Gasteiger partial charge in [-0.2, -0.15) is 5.10 Å². The Morgan fingerprint density at radius 1 is 0.926 bits per heavy atom. The zero-order valence-electron chi connectivity index (χ0n) is 15.6. The van der Waals surface area contributed by atoms with Crippen LogP contribution in [-0.4, -0.2) is 28.8 Å². The Kier molecular flexibility index (Phi) is 4.60. The fraction of sp³-hybridized carbons (Fsp3) is 0.182. The molecule has 4 rings (SSSR count). The molecule has 0 aliphatic rings. The first-order chi connectivity index (χ1) is 13.2. The zero-order valence-corrected chi connectivity index (χ0v) is 15.6. The molecule has 5 nitrogen and oxygen atoms in total. The summed E-state index contributed by atoms with van der Waals surface area (Å²) >= 11 is 0. The fourth-order valence-electron chi connectivity index (χ4n) is 3.29. The second-order valence-corrected chi connectivity index (χ2v) is 6.37. The quantitative estimate of drug-likeness (QED) is 0.525. The van der Waals surface area contributed by atoms with Crippen LogP contribution in [0.3, 0.4) is 0 Å². The predicted octanol–water partition coefficient (Wildman–Crippen LogP) is 4.53. The molecule has 2 aromatic heterocycles. The summed E-state index contributed by atoms with van der Waals surface area (Å²) in [7, 11) is 3.34. The van der Waals surface area contributed by atoms with Crippen molar-refractivity contribution in [2.75, 3.05) is 14.2 Å². The van der Waals surface area contributed by atoms with Gasteiger partial charge < -0.3 is 9.47 Å². The fourth-order valence-corrected chi connectivity index (χ4v) is 3.29. The van der Waals surface area contributed by atoms with E-state index in [1.54, 1.807) is 14.2 Å². The van der Waals surface area contributed by atoms with Crippen molar-refractivity contribution in [1.29, 1.82) is 0 Å².